The smallest absolute Gasteiger partial charge is 0.126 e. The summed E-state index contributed by atoms with van der Waals surface area (Å²) in [5.74, 6) is -0.367. The number of benzene rings is 1. The molecule has 0 saturated carbocycles. The quantitative estimate of drug-likeness (QED) is 0.735. The van der Waals surface area contributed by atoms with Crippen LogP contribution in [0.1, 0.15) is 5.56 Å². The van der Waals surface area contributed by atoms with Crippen LogP contribution in [0.2, 0.25) is 0 Å². The first-order valence-electron chi connectivity index (χ1n) is 3.81. The molecule has 1 atom stereocenters. The SMILES string of the molecule is NC[C@H](F)Cc1ccccc1F. The summed E-state index contributed by atoms with van der Waals surface area (Å²) in [6, 6.07) is 6.15. The van der Waals surface area contributed by atoms with Gasteiger partial charge in [0.25, 0.3) is 0 Å². The van der Waals surface area contributed by atoms with Crippen LogP contribution in [0.3, 0.4) is 0 Å². The van der Waals surface area contributed by atoms with E-state index in [0.717, 1.165) is 0 Å². The third kappa shape index (κ3) is 2.27. The van der Waals surface area contributed by atoms with E-state index in [1.54, 1.807) is 18.2 Å². The number of hydrogen-bond donors (Lipinski definition) is 1. The summed E-state index contributed by atoms with van der Waals surface area (Å²) >= 11 is 0. The first kappa shape index (κ1) is 9.13. The summed E-state index contributed by atoms with van der Waals surface area (Å²) in [7, 11) is 0. The summed E-state index contributed by atoms with van der Waals surface area (Å²) in [6.07, 6.45) is -1.09. The van der Waals surface area contributed by atoms with E-state index in [1.165, 1.54) is 6.07 Å². The van der Waals surface area contributed by atoms with Gasteiger partial charge >= 0.3 is 0 Å². The molecule has 0 aromatic heterocycles. The van der Waals surface area contributed by atoms with Crippen LogP contribution in [-0.2, 0) is 6.42 Å². The highest BCUT2D eigenvalue weighted by Gasteiger charge is 2.07. The predicted molar refractivity (Wildman–Crippen MR) is 44.1 cm³/mol. The van der Waals surface area contributed by atoms with Crippen molar-refractivity contribution in [2.75, 3.05) is 6.54 Å². The molecule has 0 aliphatic carbocycles. The average molecular weight is 171 g/mol. The summed E-state index contributed by atoms with van der Waals surface area (Å²) in [6.45, 7) is -0.0612. The van der Waals surface area contributed by atoms with Crippen molar-refractivity contribution in [3.05, 3.63) is 35.6 Å². The number of rotatable bonds is 3. The van der Waals surface area contributed by atoms with Gasteiger partial charge in [-0.25, -0.2) is 8.78 Å². The second-order valence-electron chi connectivity index (χ2n) is 2.63. The molecule has 0 aliphatic rings. The molecular formula is C9H11F2N. The van der Waals surface area contributed by atoms with E-state index in [4.69, 9.17) is 5.73 Å². The van der Waals surface area contributed by atoms with Gasteiger partial charge in [-0.1, -0.05) is 18.2 Å². The van der Waals surface area contributed by atoms with Crippen molar-refractivity contribution < 1.29 is 8.78 Å². The number of halogens is 2. The Morgan fingerprint density at radius 2 is 2.00 bits per heavy atom. The maximum absolute atomic E-state index is 12.9. The normalized spacial score (nSPS) is 12.9. The average Bonchev–Trinajstić information content (AvgIpc) is 2.09. The van der Waals surface area contributed by atoms with Crippen LogP contribution in [0.5, 0.6) is 0 Å². The summed E-state index contributed by atoms with van der Waals surface area (Å²) < 4.78 is 25.6. The van der Waals surface area contributed by atoms with Gasteiger partial charge in [-0.15, -0.1) is 0 Å². The second kappa shape index (κ2) is 4.16. The molecule has 0 bridgehead atoms. The lowest BCUT2D eigenvalue weighted by Crippen LogP contribution is -2.18. The lowest BCUT2D eigenvalue weighted by molar-refractivity contribution is 0.337. The number of alkyl halides is 1. The van der Waals surface area contributed by atoms with Crippen LogP contribution in [0.4, 0.5) is 8.78 Å². The minimum atomic E-state index is -1.15. The van der Waals surface area contributed by atoms with E-state index in [2.05, 4.69) is 0 Å². The van der Waals surface area contributed by atoms with Gasteiger partial charge < -0.3 is 5.73 Å². The Balaban J connectivity index is 2.69. The largest absolute Gasteiger partial charge is 0.328 e. The van der Waals surface area contributed by atoms with E-state index in [9.17, 15) is 8.78 Å². The third-order valence-electron chi connectivity index (χ3n) is 1.65. The maximum Gasteiger partial charge on any atom is 0.126 e. The number of hydrogen-bond acceptors (Lipinski definition) is 1. The molecule has 0 saturated heterocycles. The van der Waals surface area contributed by atoms with Crippen LogP contribution in [0, 0.1) is 5.82 Å². The molecule has 0 radical (unpaired) electrons. The standard InChI is InChI=1S/C9H11F2N/c10-8(6-12)5-7-3-1-2-4-9(7)11/h1-4,8H,5-6,12H2/t8-/m1/s1. The molecule has 0 amide bonds. The Morgan fingerprint density at radius 3 is 2.58 bits per heavy atom. The Bertz CT molecular complexity index is 250. The fourth-order valence-corrected chi connectivity index (χ4v) is 0.986. The topological polar surface area (TPSA) is 26.0 Å². The van der Waals surface area contributed by atoms with Crippen molar-refractivity contribution in [1.82, 2.24) is 0 Å². The molecule has 0 spiro atoms. The van der Waals surface area contributed by atoms with Crippen LogP contribution in [0.15, 0.2) is 24.3 Å². The Morgan fingerprint density at radius 1 is 1.33 bits per heavy atom. The second-order valence-corrected chi connectivity index (χ2v) is 2.63. The molecule has 1 rings (SSSR count). The lowest BCUT2D eigenvalue weighted by atomic mass is 10.1. The van der Waals surface area contributed by atoms with Crippen LogP contribution in [0.25, 0.3) is 0 Å². The minimum Gasteiger partial charge on any atom is -0.328 e. The zero-order valence-electron chi connectivity index (χ0n) is 6.63. The molecule has 1 nitrogen and oxygen atoms in total. The van der Waals surface area contributed by atoms with Crippen molar-refractivity contribution in [3.8, 4) is 0 Å². The molecule has 0 aliphatic heterocycles. The summed E-state index contributed by atoms with van der Waals surface area (Å²) in [5.41, 5.74) is 5.46. The highest BCUT2D eigenvalue weighted by molar-refractivity contribution is 5.18. The van der Waals surface area contributed by atoms with E-state index in [1.807, 2.05) is 0 Å². The van der Waals surface area contributed by atoms with Gasteiger partial charge in [0.15, 0.2) is 0 Å². The van der Waals surface area contributed by atoms with Gasteiger partial charge in [-0.3, -0.25) is 0 Å². The van der Waals surface area contributed by atoms with E-state index in [0.29, 0.717) is 5.56 Å². The van der Waals surface area contributed by atoms with Crippen LogP contribution >= 0.6 is 0 Å². The van der Waals surface area contributed by atoms with E-state index in [-0.39, 0.29) is 18.8 Å². The summed E-state index contributed by atoms with van der Waals surface area (Å²) in [5, 5.41) is 0. The van der Waals surface area contributed by atoms with Gasteiger partial charge in [0.2, 0.25) is 0 Å². The highest BCUT2D eigenvalue weighted by Crippen LogP contribution is 2.09. The molecule has 2 N–H and O–H groups in total. The molecule has 12 heavy (non-hydrogen) atoms. The molecule has 1 aromatic rings. The molecule has 3 heteroatoms. The van der Waals surface area contributed by atoms with Gasteiger partial charge in [0.05, 0.1) is 0 Å². The molecule has 1 aromatic carbocycles. The van der Waals surface area contributed by atoms with Crippen molar-refractivity contribution in [2.45, 2.75) is 12.6 Å². The first-order valence-corrected chi connectivity index (χ1v) is 3.81. The molecule has 66 valence electrons. The first-order chi connectivity index (χ1) is 5.74. The van der Waals surface area contributed by atoms with Crippen LogP contribution in [-0.4, -0.2) is 12.7 Å². The monoisotopic (exact) mass is 171 g/mol. The van der Waals surface area contributed by atoms with Crippen molar-refractivity contribution >= 4 is 0 Å². The highest BCUT2D eigenvalue weighted by atomic mass is 19.1. The molecule has 0 heterocycles. The van der Waals surface area contributed by atoms with Crippen molar-refractivity contribution in [2.24, 2.45) is 5.73 Å². The zero-order valence-corrected chi connectivity index (χ0v) is 6.63. The molecule has 0 fully saturated rings. The van der Waals surface area contributed by atoms with Crippen LogP contribution < -0.4 is 5.73 Å². The Kier molecular flexibility index (Phi) is 3.17. The van der Waals surface area contributed by atoms with Gasteiger partial charge in [0, 0.05) is 13.0 Å². The maximum atomic E-state index is 12.9. The fourth-order valence-electron chi connectivity index (χ4n) is 0.986. The predicted octanol–water partition coefficient (Wildman–Crippen LogP) is 1.66. The van der Waals surface area contributed by atoms with Crippen molar-refractivity contribution in [3.63, 3.8) is 0 Å². The Labute approximate surface area is 70.2 Å². The zero-order chi connectivity index (χ0) is 8.97. The van der Waals surface area contributed by atoms with E-state index >= 15 is 0 Å². The summed E-state index contributed by atoms with van der Waals surface area (Å²) in [4.78, 5) is 0. The van der Waals surface area contributed by atoms with E-state index < -0.39 is 6.17 Å². The fraction of sp³-hybridized carbons (Fsp3) is 0.333. The Hall–Kier alpha value is -0.960. The molecule has 0 unspecified atom stereocenters. The third-order valence-corrected chi connectivity index (χ3v) is 1.65. The molecular weight excluding hydrogens is 160 g/mol. The minimum absolute atomic E-state index is 0.0587. The van der Waals surface area contributed by atoms with Crippen molar-refractivity contribution in [1.29, 1.82) is 0 Å². The van der Waals surface area contributed by atoms with Gasteiger partial charge in [0.1, 0.15) is 12.0 Å². The van der Waals surface area contributed by atoms with Gasteiger partial charge in [-0.2, -0.15) is 0 Å². The van der Waals surface area contributed by atoms with Gasteiger partial charge in [-0.05, 0) is 11.6 Å². The number of nitrogens with two attached hydrogens (primary N) is 1. The lowest BCUT2D eigenvalue weighted by Gasteiger charge is -2.05.